The van der Waals surface area contributed by atoms with Gasteiger partial charge in [0.1, 0.15) is 5.69 Å². The molecule has 0 radical (unpaired) electrons. The van der Waals surface area contributed by atoms with Crippen LogP contribution in [0, 0.1) is 0 Å². The lowest BCUT2D eigenvalue weighted by Crippen LogP contribution is -2.39. The van der Waals surface area contributed by atoms with Gasteiger partial charge in [-0.15, -0.1) is 11.3 Å². The van der Waals surface area contributed by atoms with E-state index in [0.29, 0.717) is 12.2 Å². The van der Waals surface area contributed by atoms with Crippen LogP contribution >= 0.6 is 11.3 Å². The Kier molecular flexibility index (Phi) is 4.22. The Balaban J connectivity index is 2.05. The molecule has 0 spiro atoms. The zero-order valence-electron chi connectivity index (χ0n) is 12.4. The largest absolute Gasteiger partial charge is 0.282 e. The fourth-order valence-corrected chi connectivity index (χ4v) is 4.55. The molecule has 0 saturated carbocycles. The maximum Gasteiger partial charge on any atom is 0.282 e. The van der Waals surface area contributed by atoms with Gasteiger partial charge in [0.05, 0.1) is 22.1 Å². The van der Waals surface area contributed by atoms with E-state index < -0.39 is 10.2 Å². The molecule has 2 aromatic heterocycles. The number of rotatable bonds is 4. The monoisotopic (exact) mass is 339 g/mol. The van der Waals surface area contributed by atoms with Crippen molar-refractivity contribution in [3.63, 3.8) is 0 Å². The molecule has 1 aliphatic heterocycles. The fraction of sp³-hybridized carbons (Fsp3) is 0.462. The summed E-state index contributed by atoms with van der Waals surface area (Å²) in [6.07, 6.45) is 6.53. The lowest BCUT2D eigenvalue weighted by atomic mass is 10.1. The number of hydrogen-bond donors (Lipinski definition) is 0. The Bertz CT molecular complexity index is 746. The van der Waals surface area contributed by atoms with Crippen LogP contribution in [0.1, 0.15) is 24.6 Å². The molecule has 0 unspecified atom stereocenters. The van der Waals surface area contributed by atoms with Crippen molar-refractivity contribution in [3.8, 4) is 10.6 Å². The van der Waals surface area contributed by atoms with Crippen molar-refractivity contribution in [2.75, 3.05) is 20.6 Å². The van der Waals surface area contributed by atoms with Gasteiger partial charge in [-0.2, -0.15) is 17.0 Å². The molecule has 3 heterocycles. The maximum absolute atomic E-state index is 12.5. The Morgan fingerprint density at radius 1 is 1.32 bits per heavy atom. The minimum absolute atomic E-state index is 0.279. The van der Waals surface area contributed by atoms with Gasteiger partial charge >= 0.3 is 0 Å². The highest BCUT2D eigenvalue weighted by molar-refractivity contribution is 7.86. The molecule has 0 aliphatic carbocycles. The van der Waals surface area contributed by atoms with E-state index in [4.69, 9.17) is 0 Å². The molecule has 3 rings (SSSR count). The highest BCUT2D eigenvalue weighted by atomic mass is 32.2. The van der Waals surface area contributed by atoms with Crippen LogP contribution in [0.5, 0.6) is 0 Å². The number of thiazole rings is 1. The summed E-state index contributed by atoms with van der Waals surface area (Å²) < 4.78 is 27.8. The molecular formula is C13H17N5O2S2. The standard InChI is InChI=1S/C13H17N5O2S2/c1-17(2)22(19,20)18-7-3-4-10(18)12-13(16-6-5-15-12)11-8-14-9-21-11/h5-6,8-10H,3-4,7H2,1-2H3/t10-/m1/s1. The molecule has 2 aromatic rings. The lowest BCUT2D eigenvalue weighted by molar-refractivity contribution is 0.358. The first-order chi connectivity index (χ1) is 10.5. The summed E-state index contributed by atoms with van der Waals surface area (Å²) in [6, 6.07) is -0.279. The van der Waals surface area contributed by atoms with Crippen LogP contribution < -0.4 is 0 Å². The molecule has 0 amide bonds. The fourth-order valence-electron chi connectivity index (χ4n) is 2.61. The van der Waals surface area contributed by atoms with Crippen molar-refractivity contribution in [2.45, 2.75) is 18.9 Å². The second-order valence-corrected chi connectivity index (χ2v) is 8.20. The van der Waals surface area contributed by atoms with Crippen LogP contribution in [0.4, 0.5) is 0 Å². The summed E-state index contributed by atoms with van der Waals surface area (Å²) in [5.74, 6) is 0. The zero-order valence-corrected chi connectivity index (χ0v) is 14.0. The van der Waals surface area contributed by atoms with E-state index in [0.717, 1.165) is 23.4 Å². The predicted molar refractivity (Wildman–Crippen MR) is 84.4 cm³/mol. The summed E-state index contributed by atoms with van der Waals surface area (Å²) in [4.78, 5) is 13.8. The van der Waals surface area contributed by atoms with Crippen molar-refractivity contribution in [1.29, 1.82) is 0 Å². The van der Waals surface area contributed by atoms with Gasteiger partial charge in [-0.1, -0.05) is 0 Å². The Labute approximate surface area is 133 Å². The third-order valence-electron chi connectivity index (χ3n) is 3.67. The van der Waals surface area contributed by atoms with E-state index in [-0.39, 0.29) is 6.04 Å². The summed E-state index contributed by atoms with van der Waals surface area (Å²) in [7, 11) is -0.379. The normalized spacial score (nSPS) is 19.9. The van der Waals surface area contributed by atoms with Crippen molar-refractivity contribution in [1.82, 2.24) is 23.6 Å². The molecule has 0 N–H and O–H groups in total. The highest BCUT2D eigenvalue weighted by Crippen LogP contribution is 2.38. The van der Waals surface area contributed by atoms with Gasteiger partial charge in [-0.25, -0.2) is 0 Å². The summed E-state index contributed by atoms with van der Waals surface area (Å²) >= 11 is 1.47. The molecule has 1 saturated heterocycles. The van der Waals surface area contributed by atoms with E-state index in [9.17, 15) is 8.42 Å². The Morgan fingerprint density at radius 2 is 2.09 bits per heavy atom. The van der Waals surface area contributed by atoms with Crippen molar-refractivity contribution >= 4 is 21.5 Å². The van der Waals surface area contributed by atoms with Crippen LogP contribution in [0.25, 0.3) is 10.6 Å². The van der Waals surface area contributed by atoms with Crippen molar-refractivity contribution in [3.05, 3.63) is 29.8 Å². The number of aromatic nitrogens is 3. The van der Waals surface area contributed by atoms with Gasteiger partial charge in [0.25, 0.3) is 10.2 Å². The molecule has 7 nitrogen and oxygen atoms in total. The second kappa shape index (κ2) is 5.99. The van der Waals surface area contributed by atoms with Crippen molar-refractivity contribution in [2.24, 2.45) is 0 Å². The number of nitrogens with zero attached hydrogens (tertiary/aromatic N) is 5. The minimum atomic E-state index is -3.47. The SMILES string of the molecule is CN(C)S(=O)(=O)N1CCC[C@@H]1c1nccnc1-c1cncs1. The molecule has 1 fully saturated rings. The first-order valence-electron chi connectivity index (χ1n) is 6.91. The van der Waals surface area contributed by atoms with E-state index in [1.807, 2.05) is 0 Å². The minimum Gasteiger partial charge on any atom is -0.256 e. The molecule has 0 bridgehead atoms. The van der Waals surface area contributed by atoms with Crippen LogP contribution in [-0.4, -0.2) is 52.6 Å². The molecule has 1 aliphatic rings. The smallest absolute Gasteiger partial charge is 0.256 e. The van der Waals surface area contributed by atoms with E-state index in [1.165, 1.54) is 19.9 Å². The second-order valence-electron chi connectivity index (χ2n) is 5.21. The molecule has 9 heteroatoms. The van der Waals surface area contributed by atoms with Crippen LogP contribution in [0.3, 0.4) is 0 Å². The lowest BCUT2D eigenvalue weighted by Gasteiger charge is -2.27. The zero-order chi connectivity index (χ0) is 15.7. The van der Waals surface area contributed by atoms with Crippen LogP contribution in [0.15, 0.2) is 24.1 Å². The quantitative estimate of drug-likeness (QED) is 0.844. The van der Waals surface area contributed by atoms with Crippen LogP contribution in [-0.2, 0) is 10.2 Å². The third kappa shape index (κ3) is 2.65. The van der Waals surface area contributed by atoms with Gasteiger partial charge in [-0.3, -0.25) is 15.0 Å². The Morgan fingerprint density at radius 3 is 2.77 bits per heavy atom. The first kappa shape index (κ1) is 15.5. The van der Waals surface area contributed by atoms with E-state index in [1.54, 1.807) is 38.2 Å². The Hall–Kier alpha value is -1.42. The highest BCUT2D eigenvalue weighted by Gasteiger charge is 2.38. The first-order valence-corrected chi connectivity index (χ1v) is 9.18. The summed E-state index contributed by atoms with van der Waals surface area (Å²) in [6.45, 7) is 0.504. The number of hydrogen-bond acceptors (Lipinski definition) is 6. The van der Waals surface area contributed by atoms with Gasteiger partial charge in [0.15, 0.2) is 0 Å². The van der Waals surface area contributed by atoms with Crippen molar-refractivity contribution < 1.29 is 8.42 Å². The maximum atomic E-state index is 12.5. The molecule has 118 valence electrons. The van der Waals surface area contributed by atoms with Gasteiger partial charge in [-0.05, 0) is 12.8 Å². The topological polar surface area (TPSA) is 79.3 Å². The summed E-state index contributed by atoms with van der Waals surface area (Å²) in [5.41, 5.74) is 3.15. The van der Waals surface area contributed by atoms with Crippen LogP contribution in [0.2, 0.25) is 0 Å². The summed E-state index contributed by atoms with van der Waals surface area (Å²) in [5, 5.41) is 0. The molecule has 1 atom stereocenters. The predicted octanol–water partition coefficient (Wildman–Crippen LogP) is 1.54. The van der Waals surface area contributed by atoms with E-state index in [2.05, 4.69) is 15.0 Å². The van der Waals surface area contributed by atoms with Gasteiger partial charge in [0, 0.05) is 39.2 Å². The molecule has 0 aromatic carbocycles. The van der Waals surface area contributed by atoms with Gasteiger partial charge in [0.2, 0.25) is 0 Å². The average Bonchev–Trinajstić information content (AvgIpc) is 3.18. The third-order valence-corrected chi connectivity index (χ3v) is 6.40. The average molecular weight is 339 g/mol. The molecular weight excluding hydrogens is 322 g/mol. The van der Waals surface area contributed by atoms with E-state index >= 15 is 0 Å². The van der Waals surface area contributed by atoms with Gasteiger partial charge < -0.3 is 0 Å². The molecule has 22 heavy (non-hydrogen) atoms.